The first-order chi connectivity index (χ1) is 5.70. The quantitative estimate of drug-likeness (QED) is 0.344. The third-order valence-electron chi connectivity index (χ3n) is 1.12. The minimum absolute atomic E-state index is 0.00743. The Labute approximate surface area is 70.3 Å². The SMILES string of the molecule is CNC(=O)CNC(=O)CNCO. The second-order valence-electron chi connectivity index (χ2n) is 2.03. The first-order valence-corrected chi connectivity index (χ1v) is 3.49. The van der Waals surface area contributed by atoms with Crippen LogP contribution < -0.4 is 16.0 Å². The smallest absolute Gasteiger partial charge is 0.239 e. The van der Waals surface area contributed by atoms with Crippen molar-refractivity contribution in [3.05, 3.63) is 0 Å². The Hall–Kier alpha value is -1.14. The van der Waals surface area contributed by atoms with Gasteiger partial charge in [-0.3, -0.25) is 14.9 Å². The monoisotopic (exact) mass is 175 g/mol. The van der Waals surface area contributed by atoms with Crippen LogP contribution in [0, 0.1) is 0 Å². The van der Waals surface area contributed by atoms with E-state index in [1.54, 1.807) is 0 Å². The van der Waals surface area contributed by atoms with E-state index >= 15 is 0 Å². The predicted molar refractivity (Wildman–Crippen MR) is 42.2 cm³/mol. The summed E-state index contributed by atoms with van der Waals surface area (Å²) in [5.41, 5.74) is 0. The van der Waals surface area contributed by atoms with Gasteiger partial charge in [0.25, 0.3) is 0 Å². The molecule has 0 aliphatic heterocycles. The Kier molecular flexibility index (Phi) is 5.94. The van der Waals surface area contributed by atoms with E-state index in [-0.39, 0.29) is 31.6 Å². The number of aliphatic hydroxyl groups excluding tert-OH is 1. The third-order valence-corrected chi connectivity index (χ3v) is 1.12. The normalized spacial score (nSPS) is 9.17. The second kappa shape index (κ2) is 6.56. The van der Waals surface area contributed by atoms with Gasteiger partial charge in [0.15, 0.2) is 0 Å². The van der Waals surface area contributed by atoms with Crippen molar-refractivity contribution >= 4 is 11.8 Å². The molecular weight excluding hydrogens is 162 g/mol. The molecule has 0 saturated carbocycles. The molecule has 4 N–H and O–H groups in total. The van der Waals surface area contributed by atoms with E-state index in [9.17, 15) is 9.59 Å². The summed E-state index contributed by atoms with van der Waals surface area (Å²) in [4.78, 5) is 21.4. The molecule has 0 spiro atoms. The van der Waals surface area contributed by atoms with Crippen molar-refractivity contribution < 1.29 is 14.7 Å². The van der Waals surface area contributed by atoms with Crippen molar-refractivity contribution in [2.45, 2.75) is 0 Å². The van der Waals surface area contributed by atoms with Gasteiger partial charge in [-0.25, -0.2) is 0 Å². The molecule has 0 rings (SSSR count). The van der Waals surface area contributed by atoms with Crippen LogP contribution in [0.3, 0.4) is 0 Å². The van der Waals surface area contributed by atoms with E-state index in [0.29, 0.717) is 0 Å². The van der Waals surface area contributed by atoms with Gasteiger partial charge in [0.2, 0.25) is 11.8 Å². The number of hydrogen-bond donors (Lipinski definition) is 4. The van der Waals surface area contributed by atoms with Crippen molar-refractivity contribution in [3.63, 3.8) is 0 Å². The highest BCUT2D eigenvalue weighted by atomic mass is 16.3. The van der Waals surface area contributed by atoms with E-state index in [4.69, 9.17) is 5.11 Å². The zero-order valence-electron chi connectivity index (χ0n) is 6.89. The van der Waals surface area contributed by atoms with Gasteiger partial charge < -0.3 is 15.7 Å². The van der Waals surface area contributed by atoms with E-state index in [0.717, 1.165) is 0 Å². The number of carbonyl (C=O) groups is 2. The molecule has 0 aromatic heterocycles. The van der Waals surface area contributed by atoms with Crippen molar-refractivity contribution in [2.24, 2.45) is 0 Å². The number of amides is 2. The van der Waals surface area contributed by atoms with Crippen LogP contribution in [0.4, 0.5) is 0 Å². The number of carbonyl (C=O) groups excluding carboxylic acids is 2. The summed E-state index contributed by atoms with van der Waals surface area (Å²) in [6.45, 7) is -0.288. The average molecular weight is 175 g/mol. The highest BCUT2D eigenvalue weighted by molar-refractivity contribution is 5.85. The van der Waals surface area contributed by atoms with Gasteiger partial charge >= 0.3 is 0 Å². The predicted octanol–water partition coefficient (Wildman–Crippen LogP) is -2.61. The van der Waals surface area contributed by atoms with Crippen molar-refractivity contribution in [1.82, 2.24) is 16.0 Å². The Morgan fingerprint density at radius 2 is 1.92 bits per heavy atom. The molecule has 0 unspecified atom stereocenters. The molecule has 0 aromatic carbocycles. The number of rotatable bonds is 5. The highest BCUT2D eigenvalue weighted by Gasteiger charge is 2.01. The fourth-order valence-electron chi connectivity index (χ4n) is 0.499. The van der Waals surface area contributed by atoms with Crippen LogP contribution in [0.1, 0.15) is 0 Å². The Balaban J connectivity index is 3.37. The molecule has 0 aromatic rings. The maximum absolute atomic E-state index is 10.8. The lowest BCUT2D eigenvalue weighted by Crippen LogP contribution is -2.39. The molecule has 6 nitrogen and oxygen atoms in total. The first-order valence-electron chi connectivity index (χ1n) is 3.49. The maximum atomic E-state index is 10.8. The van der Waals surface area contributed by atoms with E-state index in [2.05, 4.69) is 16.0 Å². The number of likely N-dealkylation sites (N-methyl/N-ethyl adjacent to an activating group) is 1. The lowest BCUT2D eigenvalue weighted by molar-refractivity contribution is -0.125. The molecule has 2 amide bonds. The van der Waals surface area contributed by atoms with Crippen LogP contribution in [-0.4, -0.2) is 43.8 Å². The van der Waals surface area contributed by atoms with Gasteiger partial charge in [-0.1, -0.05) is 0 Å². The first kappa shape index (κ1) is 10.9. The summed E-state index contributed by atoms with van der Waals surface area (Å²) >= 11 is 0. The summed E-state index contributed by atoms with van der Waals surface area (Å²) in [6, 6.07) is 0. The maximum Gasteiger partial charge on any atom is 0.239 e. The molecule has 6 heteroatoms. The molecule has 0 aliphatic carbocycles. The topological polar surface area (TPSA) is 90.5 Å². The lowest BCUT2D eigenvalue weighted by atomic mass is 10.5. The molecule has 0 saturated heterocycles. The summed E-state index contributed by atoms with van der Waals surface area (Å²) in [6.07, 6.45) is 0. The van der Waals surface area contributed by atoms with Gasteiger partial charge in [-0.05, 0) is 0 Å². The standard InChI is InChI=1S/C6H13N3O3/c1-7-5(11)3-9-6(12)2-8-4-10/h8,10H,2-4H2,1H3,(H,7,11)(H,9,12). The van der Waals surface area contributed by atoms with Crippen LogP contribution in [0.2, 0.25) is 0 Å². The third kappa shape index (κ3) is 5.63. The zero-order chi connectivity index (χ0) is 9.40. The molecule has 70 valence electrons. The summed E-state index contributed by atoms with van der Waals surface area (Å²) < 4.78 is 0. The number of hydrogen-bond acceptors (Lipinski definition) is 4. The van der Waals surface area contributed by atoms with E-state index in [1.165, 1.54) is 7.05 Å². The lowest BCUT2D eigenvalue weighted by Gasteiger charge is -2.03. The van der Waals surface area contributed by atoms with Crippen LogP contribution in [0.15, 0.2) is 0 Å². The van der Waals surface area contributed by atoms with Crippen LogP contribution in [-0.2, 0) is 9.59 Å². The minimum Gasteiger partial charge on any atom is -0.381 e. The van der Waals surface area contributed by atoms with Gasteiger partial charge in [0, 0.05) is 7.05 Å². The van der Waals surface area contributed by atoms with Crippen LogP contribution >= 0.6 is 0 Å². The minimum atomic E-state index is -0.326. The largest absolute Gasteiger partial charge is 0.381 e. The van der Waals surface area contributed by atoms with Crippen LogP contribution in [0.25, 0.3) is 0 Å². The molecule has 0 atom stereocenters. The van der Waals surface area contributed by atoms with Gasteiger partial charge in [-0.15, -0.1) is 0 Å². The van der Waals surface area contributed by atoms with Crippen molar-refractivity contribution in [1.29, 1.82) is 0 Å². The summed E-state index contributed by atoms with van der Waals surface area (Å²) in [5.74, 6) is -0.583. The molecule has 12 heavy (non-hydrogen) atoms. The number of aliphatic hydroxyl groups is 1. The zero-order valence-corrected chi connectivity index (χ0v) is 6.89. The van der Waals surface area contributed by atoms with Crippen molar-refractivity contribution in [3.8, 4) is 0 Å². The molecule has 0 fully saturated rings. The summed E-state index contributed by atoms with van der Waals surface area (Å²) in [5, 5.41) is 15.4. The van der Waals surface area contributed by atoms with E-state index in [1.807, 2.05) is 0 Å². The molecule has 0 radical (unpaired) electrons. The number of nitrogens with one attached hydrogen (secondary N) is 3. The Bertz CT molecular complexity index is 160. The van der Waals surface area contributed by atoms with Gasteiger partial charge in [-0.2, -0.15) is 0 Å². The molecule has 0 aliphatic rings. The van der Waals surface area contributed by atoms with Crippen LogP contribution in [0.5, 0.6) is 0 Å². The fourth-order valence-corrected chi connectivity index (χ4v) is 0.499. The van der Waals surface area contributed by atoms with Crippen molar-refractivity contribution in [2.75, 3.05) is 26.9 Å². The Morgan fingerprint density at radius 1 is 1.25 bits per heavy atom. The second-order valence-corrected chi connectivity index (χ2v) is 2.03. The fraction of sp³-hybridized carbons (Fsp3) is 0.667. The summed E-state index contributed by atoms with van der Waals surface area (Å²) in [7, 11) is 1.49. The van der Waals surface area contributed by atoms with Gasteiger partial charge in [0.05, 0.1) is 19.8 Å². The average Bonchev–Trinajstić information content (AvgIpc) is 2.10. The molecule has 0 heterocycles. The van der Waals surface area contributed by atoms with Gasteiger partial charge in [0.1, 0.15) is 0 Å². The Morgan fingerprint density at radius 3 is 2.42 bits per heavy atom. The highest BCUT2D eigenvalue weighted by Crippen LogP contribution is 1.64. The van der Waals surface area contributed by atoms with E-state index < -0.39 is 0 Å². The molecule has 0 bridgehead atoms. The molecular formula is C6H13N3O3.